The van der Waals surface area contributed by atoms with Gasteiger partial charge in [0, 0.05) is 37.6 Å². The third-order valence-electron chi connectivity index (χ3n) is 7.88. The van der Waals surface area contributed by atoms with Crippen LogP contribution in [0.5, 0.6) is 0 Å². The van der Waals surface area contributed by atoms with Crippen LogP contribution in [0.1, 0.15) is 64.2 Å². The smallest absolute Gasteiger partial charge is 0.407 e. The predicted molar refractivity (Wildman–Crippen MR) is 135 cm³/mol. The maximum Gasteiger partial charge on any atom is 0.407 e. The van der Waals surface area contributed by atoms with E-state index in [0.717, 1.165) is 57.8 Å². The number of benzene rings is 1. The quantitative estimate of drug-likeness (QED) is 0.610. The maximum absolute atomic E-state index is 12.2. The van der Waals surface area contributed by atoms with Crippen molar-refractivity contribution >= 4 is 33.5 Å². The number of alkyl carbamates (subject to hydrolysis) is 1. The van der Waals surface area contributed by atoms with Crippen LogP contribution in [0.4, 0.5) is 10.6 Å². The molecule has 0 radical (unpaired) electrons. The average molecular weight is 471 g/mol. The number of hydrogen-bond donors (Lipinski definition) is 1. The van der Waals surface area contributed by atoms with E-state index in [1.165, 1.54) is 61.0 Å². The summed E-state index contributed by atoms with van der Waals surface area (Å²) in [5.74, 6) is 1.96. The normalized spacial score (nSPS) is 25.3. The highest BCUT2D eigenvalue weighted by atomic mass is 32.1. The predicted octanol–water partition coefficient (Wildman–Crippen LogP) is 5.43. The zero-order chi connectivity index (χ0) is 22.5. The van der Waals surface area contributed by atoms with Gasteiger partial charge in [0.1, 0.15) is 11.9 Å². The van der Waals surface area contributed by atoms with Crippen molar-refractivity contribution in [3.63, 3.8) is 0 Å². The van der Waals surface area contributed by atoms with Crippen LogP contribution in [0.3, 0.4) is 0 Å². The van der Waals surface area contributed by atoms with Gasteiger partial charge in [0.15, 0.2) is 0 Å². The van der Waals surface area contributed by atoms with E-state index in [1.807, 2.05) is 0 Å². The lowest BCUT2D eigenvalue weighted by Gasteiger charge is -2.36. The van der Waals surface area contributed by atoms with E-state index in [9.17, 15) is 4.79 Å². The molecule has 33 heavy (non-hydrogen) atoms. The molecule has 2 saturated carbocycles. The molecule has 1 aromatic carbocycles. The zero-order valence-electron chi connectivity index (χ0n) is 19.7. The number of hydrogen-bond acceptors (Lipinski definition) is 6. The van der Waals surface area contributed by atoms with Gasteiger partial charge in [-0.15, -0.1) is 0 Å². The Morgan fingerprint density at radius 2 is 1.76 bits per heavy atom. The van der Waals surface area contributed by atoms with Gasteiger partial charge in [0.25, 0.3) is 0 Å². The number of piperazine rings is 1. The Morgan fingerprint density at radius 1 is 1.00 bits per heavy atom. The van der Waals surface area contributed by atoms with Crippen LogP contribution in [-0.2, 0) is 4.74 Å². The van der Waals surface area contributed by atoms with Crippen LogP contribution in [0, 0.1) is 5.92 Å². The first-order valence-corrected chi connectivity index (χ1v) is 13.8. The lowest BCUT2D eigenvalue weighted by molar-refractivity contribution is 0.0706. The molecule has 1 N–H and O–H groups in total. The Morgan fingerprint density at radius 3 is 2.55 bits per heavy atom. The van der Waals surface area contributed by atoms with E-state index in [1.54, 1.807) is 11.5 Å². The Bertz CT molecular complexity index is 897. The highest BCUT2D eigenvalue weighted by Gasteiger charge is 2.26. The largest absolute Gasteiger partial charge is 0.446 e. The van der Waals surface area contributed by atoms with E-state index in [4.69, 9.17) is 9.11 Å². The molecule has 3 aliphatic rings. The number of rotatable bonds is 6. The summed E-state index contributed by atoms with van der Waals surface area (Å²) >= 11 is 1.61. The number of anilines is 1. The average Bonchev–Trinajstić information content (AvgIpc) is 3.29. The van der Waals surface area contributed by atoms with Crippen molar-refractivity contribution < 1.29 is 9.53 Å². The second-order valence-electron chi connectivity index (χ2n) is 10.1. The highest BCUT2D eigenvalue weighted by Crippen LogP contribution is 2.31. The molecule has 1 aromatic heterocycles. The first-order chi connectivity index (χ1) is 16.2. The monoisotopic (exact) mass is 470 g/mol. The van der Waals surface area contributed by atoms with Crippen molar-refractivity contribution in [1.82, 2.24) is 14.6 Å². The van der Waals surface area contributed by atoms with Crippen molar-refractivity contribution in [1.29, 1.82) is 0 Å². The minimum atomic E-state index is -0.184. The van der Waals surface area contributed by atoms with Crippen molar-refractivity contribution in [2.75, 3.05) is 37.6 Å². The number of carbonyl (C=O) groups excluding carboxylic acids is 1. The summed E-state index contributed by atoms with van der Waals surface area (Å²) in [7, 11) is 0. The molecule has 2 heterocycles. The third-order valence-corrected chi connectivity index (χ3v) is 8.70. The van der Waals surface area contributed by atoms with Gasteiger partial charge in [-0.3, -0.25) is 4.90 Å². The van der Waals surface area contributed by atoms with Gasteiger partial charge in [-0.25, -0.2) is 4.79 Å². The van der Waals surface area contributed by atoms with Gasteiger partial charge in [0.2, 0.25) is 0 Å². The van der Waals surface area contributed by atoms with E-state index >= 15 is 0 Å². The molecule has 7 heteroatoms. The molecular weight excluding hydrogens is 432 g/mol. The molecule has 1 aliphatic heterocycles. The molecule has 2 aromatic rings. The molecule has 0 atom stereocenters. The van der Waals surface area contributed by atoms with Crippen LogP contribution in [-0.4, -0.2) is 60.2 Å². The van der Waals surface area contributed by atoms with Gasteiger partial charge in [0.05, 0.1) is 4.70 Å². The van der Waals surface area contributed by atoms with Crippen molar-refractivity contribution in [2.45, 2.75) is 76.4 Å². The van der Waals surface area contributed by atoms with Gasteiger partial charge in [-0.2, -0.15) is 4.37 Å². The molecule has 1 saturated heterocycles. The Balaban J connectivity index is 0.985. The Labute approximate surface area is 201 Å². The topological polar surface area (TPSA) is 57.7 Å². The van der Waals surface area contributed by atoms with Crippen LogP contribution < -0.4 is 10.2 Å². The van der Waals surface area contributed by atoms with Gasteiger partial charge < -0.3 is 15.0 Å². The molecule has 0 bridgehead atoms. The summed E-state index contributed by atoms with van der Waals surface area (Å²) < 4.78 is 11.7. The van der Waals surface area contributed by atoms with Gasteiger partial charge in [-0.05, 0) is 93.9 Å². The SMILES string of the molecule is O=C(NC1CCC(CCN2CCN(c3nsc4ccccc34)CC2)CC1)OC1CCCCC1. The summed E-state index contributed by atoms with van der Waals surface area (Å²) in [6.45, 7) is 5.56. The molecule has 0 unspecified atom stereocenters. The summed E-state index contributed by atoms with van der Waals surface area (Å²) in [5.41, 5.74) is 0. The standard InChI is InChI=1S/C26H38N4O2S/c31-26(32-22-6-2-1-3-7-22)27-21-12-10-20(11-13-21)14-15-29-16-18-30(19-17-29)25-23-8-4-5-9-24(23)33-28-25/h4-5,8-9,20-22H,1-3,6-7,10-19H2,(H,27,31). The fraction of sp³-hybridized carbons (Fsp3) is 0.692. The summed E-state index contributed by atoms with van der Waals surface area (Å²) in [6.07, 6.45) is 11.6. The summed E-state index contributed by atoms with van der Waals surface area (Å²) in [5, 5.41) is 4.44. The summed E-state index contributed by atoms with van der Waals surface area (Å²) in [6, 6.07) is 8.86. The van der Waals surface area contributed by atoms with E-state index < -0.39 is 0 Å². The van der Waals surface area contributed by atoms with Crippen LogP contribution in [0.25, 0.3) is 10.1 Å². The minimum Gasteiger partial charge on any atom is -0.446 e. The molecule has 0 spiro atoms. The van der Waals surface area contributed by atoms with E-state index in [2.05, 4.69) is 39.4 Å². The second-order valence-corrected chi connectivity index (χ2v) is 11.0. The molecule has 180 valence electrons. The highest BCUT2D eigenvalue weighted by molar-refractivity contribution is 7.13. The van der Waals surface area contributed by atoms with Crippen molar-refractivity contribution in [2.24, 2.45) is 5.92 Å². The molecule has 1 amide bonds. The zero-order valence-corrected chi connectivity index (χ0v) is 20.5. The van der Waals surface area contributed by atoms with E-state index in [0.29, 0.717) is 6.04 Å². The number of ether oxygens (including phenoxy) is 1. The second kappa shape index (κ2) is 11.0. The molecule has 6 nitrogen and oxygen atoms in total. The number of aromatic nitrogens is 1. The van der Waals surface area contributed by atoms with Gasteiger partial charge >= 0.3 is 6.09 Å². The van der Waals surface area contributed by atoms with Crippen LogP contribution in [0.2, 0.25) is 0 Å². The third kappa shape index (κ3) is 5.99. The number of carbonyl (C=O) groups is 1. The fourth-order valence-corrected chi connectivity index (χ4v) is 6.58. The maximum atomic E-state index is 12.2. The Kier molecular flexibility index (Phi) is 7.67. The van der Waals surface area contributed by atoms with Crippen molar-refractivity contribution in [3.8, 4) is 0 Å². The van der Waals surface area contributed by atoms with Crippen molar-refractivity contribution in [3.05, 3.63) is 24.3 Å². The van der Waals surface area contributed by atoms with Crippen LogP contribution >= 0.6 is 11.5 Å². The Hall–Kier alpha value is -1.86. The first-order valence-electron chi connectivity index (χ1n) is 13.0. The molecule has 2 aliphatic carbocycles. The lowest BCUT2D eigenvalue weighted by Crippen LogP contribution is -2.47. The molecular formula is C26H38N4O2S. The van der Waals surface area contributed by atoms with Crippen LogP contribution in [0.15, 0.2) is 24.3 Å². The summed E-state index contributed by atoms with van der Waals surface area (Å²) in [4.78, 5) is 17.3. The molecule has 3 fully saturated rings. The first kappa shape index (κ1) is 22.9. The fourth-order valence-electron chi connectivity index (χ4n) is 5.78. The number of fused-ring (bicyclic) bond motifs is 1. The number of nitrogens with one attached hydrogen (secondary N) is 1. The van der Waals surface area contributed by atoms with E-state index in [-0.39, 0.29) is 12.2 Å². The number of amides is 1. The lowest BCUT2D eigenvalue weighted by atomic mass is 9.84. The van der Waals surface area contributed by atoms with Gasteiger partial charge in [-0.1, -0.05) is 18.6 Å². The minimum absolute atomic E-state index is 0.143. The molecule has 5 rings (SSSR count). The number of nitrogens with zero attached hydrogens (tertiary/aromatic N) is 3.